The molecule has 0 saturated carbocycles. The number of rotatable bonds is 7. The zero-order chi connectivity index (χ0) is 18.4. The number of nitrogens with one attached hydrogen (secondary N) is 1. The molecule has 0 unspecified atom stereocenters. The van der Waals surface area contributed by atoms with E-state index in [9.17, 15) is 10.1 Å². The van der Waals surface area contributed by atoms with E-state index in [2.05, 4.69) is 25.1 Å². The van der Waals surface area contributed by atoms with Crippen molar-refractivity contribution in [1.82, 2.24) is 19.8 Å². The molecule has 1 aromatic heterocycles. The number of hydrogen-bond acceptors (Lipinski definition) is 9. The van der Waals surface area contributed by atoms with Gasteiger partial charge in [0.1, 0.15) is 6.33 Å². The fourth-order valence-electron chi connectivity index (χ4n) is 3.25. The Morgan fingerprint density at radius 1 is 1.19 bits per heavy atom. The van der Waals surface area contributed by atoms with Gasteiger partial charge < -0.3 is 19.9 Å². The molecule has 144 valence electrons. The van der Waals surface area contributed by atoms with Gasteiger partial charge in [-0.1, -0.05) is 0 Å². The lowest BCUT2D eigenvalue weighted by Gasteiger charge is -2.32. The van der Waals surface area contributed by atoms with Crippen molar-refractivity contribution in [2.45, 2.75) is 6.42 Å². The normalized spacial score (nSPS) is 19.5. The van der Waals surface area contributed by atoms with Gasteiger partial charge in [0.05, 0.1) is 18.1 Å². The molecule has 10 heteroatoms. The van der Waals surface area contributed by atoms with E-state index < -0.39 is 0 Å². The largest absolute Gasteiger partial charge is 0.379 e. The molecule has 2 saturated heterocycles. The molecule has 1 N–H and O–H groups in total. The average Bonchev–Trinajstić information content (AvgIpc) is 2.66. The predicted molar refractivity (Wildman–Crippen MR) is 98.8 cm³/mol. The summed E-state index contributed by atoms with van der Waals surface area (Å²) >= 11 is 0. The maximum atomic E-state index is 11.7. The Morgan fingerprint density at radius 2 is 1.92 bits per heavy atom. The second-order valence-corrected chi connectivity index (χ2v) is 6.68. The smallest absolute Gasteiger partial charge is 0.353 e. The van der Waals surface area contributed by atoms with Gasteiger partial charge in [0, 0.05) is 45.8 Å². The lowest BCUT2D eigenvalue weighted by Crippen LogP contribution is -2.45. The van der Waals surface area contributed by atoms with Crippen LogP contribution in [0, 0.1) is 10.1 Å². The van der Waals surface area contributed by atoms with Crippen molar-refractivity contribution in [2.75, 3.05) is 82.8 Å². The molecular weight excluding hydrogens is 338 g/mol. The van der Waals surface area contributed by atoms with Crippen LogP contribution in [0.25, 0.3) is 0 Å². The van der Waals surface area contributed by atoms with Gasteiger partial charge in [-0.05, 0) is 20.0 Å². The van der Waals surface area contributed by atoms with Crippen molar-refractivity contribution in [3.8, 4) is 0 Å². The quantitative estimate of drug-likeness (QED) is 0.414. The standard InChI is InChI=1S/C16H27N7O3/c1-20-5-7-22(8-6-20)16-14(23(24)25)15(18-13-19-16)17-3-2-4-21-9-11-26-12-10-21/h13H,2-12H2,1H3,(H,17,18,19). The second kappa shape index (κ2) is 9.06. The second-order valence-electron chi connectivity index (χ2n) is 6.68. The van der Waals surface area contributed by atoms with E-state index in [-0.39, 0.29) is 10.6 Å². The monoisotopic (exact) mass is 365 g/mol. The predicted octanol–water partition coefficient (Wildman–Crippen LogP) is 0.271. The number of hydrogen-bond donors (Lipinski definition) is 1. The van der Waals surface area contributed by atoms with Crippen LogP contribution in [0.4, 0.5) is 17.3 Å². The third-order valence-corrected chi connectivity index (χ3v) is 4.84. The van der Waals surface area contributed by atoms with Crippen molar-refractivity contribution < 1.29 is 9.66 Å². The molecule has 3 rings (SSSR count). The molecule has 0 radical (unpaired) electrons. The lowest BCUT2D eigenvalue weighted by atomic mass is 10.3. The first-order chi connectivity index (χ1) is 12.6. The van der Waals surface area contributed by atoms with Gasteiger partial charge in [-0.15, -0.1) is 0 Å². The maximum Gasteiger partial charge on any atom is 0.353 e. The minimum Gasteiger partial charge on any atom is -0.379 e. The summed E-state index contributed by atoms with van der Waals surface area (Å²) in [4.78, 5) is 26.1. The Bertz CT molecular complexity index is 602. The van der Waals surface area contributed by atoms with Crippen LogP contribution in [0.15, 0.2) is 6.33 Å². The van der Waals surface area contributed by atoms with Gasteiger partial charge in [0.15, 0.2) is 0 Å². The number of ether oxygens (including phenoxy) is 1. The highest BCUT2D eigenvalue weighted by molar-refractivity contribution is 5.70. The fourth-order valence-corrected chi connectivity index (χ4v) is 3.25. The van der Waals surface area contributed by atoms with Crippen LogP contribution in [0.5, 0.6) is 0 Å². The summed E-state index contributed by atoms with van der Waals surface area (Å²) in [5.74, 6) is 0.717. The van der Waals surface area contributed by atoms with Gasteiger partial charge in [-0.2, -0.15) is 0 Å². The number of aromatic nitrogens is 2. The molecule has 2 aliphatic heterocycles. The number of piperazine rings is 1. The summed E-state index contributed by atoms with van der Waals surface area (Å²) < 4.78 is 5.34. The molecule has 26 heavy (non-hydrogen) atoms. The van der Waals surface area contributed by atoms with Crippen LogP contribution >= 0.6 is 0 Å². The van der Waals surface area contributed by atoms with Gasteiger partial charge in [-0.25, -0.2) is 9.97 Å². The zero-order valence-electron chi connectivity index (χ0n) is 15.3. The number of nitrogens with zero attached hydrogens (tertiary/aromatic N) is 6. The highest BCUT2D eigenvalue weighted by Gasteiger charge is 2.28. The van der Waals surface area contributed by atoms with Crippen LogP contribution in [-0.4, -0.2) is 97.3 Å². The minimum absolute atomic E-state index is 0.0246. The van der Waals surface area contributed by atoms with E-state index in [1.165, 1.54) is 6.33 Å². The van der Waals surface area contributed by atoms with E-state index in [1.54, 1.807) is 0 Å². The van der Waals surface area contributed by atoms with E-state index in [1.807, 2.05) is 11.9 Å². The Kier molecular flexibility index (Phi) is 6.53. The Balaban J connectivity index is 1.61. The van der Waals surface area contributed by atoms with Gasteiger partial charge in [-0.3, -0.25) is 15.0 Å². The molecule has 1 aromatic rings. The molecule has 0 atom stereocenters. The first-order valence-corrected chi connectivity index (χ1v) is 9.12. The lowest BCUT2D eigenvalue weighted by molar-refractivity contribution is -0.383. The summed E-state index contributed by atoms with van der Waals surface area (Å²) in [6, 6.07) is 0. The molecule has 0 bridgehead atoms. The molecule has 3 heterocycles. The van der Waals surface area contributed by atoms with E-state index in [4.69, 9.17) is 4.74 Å². The average molecular weight is 365 g/mol. The summed E-state index contributed by atoms with van der Waals surface area (Å²) in [5.41, 5.74) is -0.0246. The Hall–Kier alpha value is -2.04. The topological polar surface area (TPSA) is 99.9 Å². The maximum absolute atomic E-state index is 11.7. The number of nitro groups is 1. The number of anilines is 2. The minimum atomic E-state index is -0.377. The third kappa shape index (κ3) is 4.77. The summed E-state index contributed by atoms with van der Waals surface area (Å²) in [6.45, 7) is 8.21. The van der Waals surface area contributed by atoms with Crippen molar-refractivity contribution >= 4 is 17.3 Å². The number of morpholine rings is 1. The van der Waals surface area contributed by atoms with Crippen molar-refractivity contribution in [3.63, 3.8) is 0 Å². The first-order valence-electron chi connectivity index (χ1n) is 9.12. The van der Waals surface area contributed by atoms with Crippen LogP contribution in [0.3, 0.4) is 0 Å². The molecule has 2 aliphatic rings. The van der Waals surface area contributed by atoms with Crippen molar-refractivity contribution in [2.24, 2.45) is 0 Å². The van der Waals surface area contributed by atoms with E-state index in [0.29, 0.717) is 18.2 Å². The molecule has 0 aliphatic carbocycles. The highest BCUT2D eigenvalue weighted by atomic mass is 16.6. The van der Waals surface area contributed by atoms with Crippen molar-refractivity contribution in [3.05, 3.63) is 16.4 Å². The molecule has 10 nitrogen and oxygen atoms in total. The third-order valence-electron chi connectivity index (χ3n) is 4.84. The zero-order valence-corrected chi connectivity index (χ0v) is 15.3. The highest BCUT2D eigenvalue weighted by Crippen LogP contribution is 2.32. The van der Waals surface area contributed by atoms with Gasteiger partial charge in [0.25, 0.3) is 0 Å². The number of likely N-dealkylation sites (N-methyl/N-ethyl adjacent to an activating group) is 1. The summed E-state index contributed by atoms with van der Waals surface area (Å²) in [7, 11) is 2.05. The molecule has 0 aromatic carbocycles. The molecule has 0 spiro atoms. The summed E-state index contributed by atoms with van der Waals surface area (Å²) in [6.07, 6.45) is 2.30. The van der Waals surface area contributed by atoms with Crippen LogP contribution < -0.4 is 10.2 Å². The SMILES string of the molecule is CN1CCN(c2ncnc(NCCCN3CCOCC3)c2[N+](=O)[O-])CC1. The fraction of sp³-hybridized carbons (Fsp3) is 0.750. The first kappa shape index (κ1) is 18.7. The van der Waals surface area contributed by atoms with Crippen molar-refractivity contribution in [1.29, 1.82) is 0 Å². The van der Waals surface area contributed by atoms with Crippen LogP contribution in [0.1, 0.15) is 6.42 Å². The van der Waals surface area contributed by atoms with E-state index >= 15 is 0 Å². The molecular formula is C16H27N7O3. The van der Waals surface area contributed by atoms with E-state index in [0.717, 1.165) is 65.4 Å². The molecule has 2 fully saturated rings. The molecule has 0 amide bonds. The Morgan fingerprint density at radius 3 is 2.62 bits per heavy atom. The van der Waals surface area contributed by atoms with Gasteiger partial charge >= 0.3 is 5.69 Å². The Labute approximate surface area is 153 Å². The van der Waals surface area contributed by atoms with Crippen LogP contribution in [-0.2, 0) is 4.74 Å². The van der Waals surface area contributed by atoms with Crippen LogP contribution in [0.2, 0.25) is 0 Å². The summed E-state index contributed by atoms with van der Waals surface area (Å²) in [5, 5.41) is 14.8. The van der Waals surface area contributed by atoms with Gasteiger partial charge in [0.2, 0.25) is 11.6 Å².